The van der Waals surface area contributed by atoms with Gasteiger partial charge in [0.25, 0.3) is 0 Å². The van der Waals surface area contributed by atoms with Crippen LogP contribution >= 0.6 is 0 Å². The molecule has 1 unspecified atom stereocenters. The summed E-state index contributed by atoms with van der Waals surface area (Å²) in [7, 11) is 0. The van der Waals surface area contributed by atoms with Crippen LogP contribution in [-0.4, -0.2) is 23.7 Å². The summed E-state index contributed by atoms with van der Waals surface area (Å²) in [5.74, 6) is -0.0490. The van der Waals surface area contributed by atoms with E-state index in [0.29, 0.717) is 13.0 Å². The maximum Gasteiger partial charge on any atom is 0.310 e. The molecule has 1 aromatic rings. The van der Waals surface area contributed by atoms with Gasteiger partial charge in [0.1, 0.15) is 5.75 Å². The molecule has 0 saturated heterocycles. The number of aryl methyl sites for hydroxylation is 2. The van der Waals surface area contributed by atoms with Crippen molar-refractivity contribution in [2.45, 2.75) is 40.2 Å². The van der Waals surface area contributed by atoms with Crippen molar-refractivity contribution < 1.29 is 14.6 Å². The third kappa shape index (κ3) is 3.96. The molecule has 0 fully saturated rings. The zero-order valence-corrected chi connectivity index (χ0v) is 12.1. The molecule has 1 aromatic carbocycles. The maximum absolute atomic E-state index is 11.1. The van der Waals surface area contributed by atoms with Crippen molar-refractivity contribution in [1.82, 2.24) is 0 Å². The standard InChI is InChI=1S/C15H23NO3/c1-10-5-6-11(2)12(9-10)19-8-7-13(16)15(3,4)14(17)18/h5-6,9,13H,7-8,16H2,1-4H3,(H,17,18). The fourth-order valence-corrected chi connectivity index (χ4v) is 1.68. The SMILES string of the molecule is Cc1ccc(C)c(OCCC(N)C(C)(C)C(=O)O)c1. The van der Waals surface area contributed by atoms with Gasteiger partial charge in [-0.3, -0.25) is 4.79 Å². The summed E-state index contributed by atoms with van der Waals surface area (Å²) in [5, 5.41) is 9.09. The number of carboxylic acid groups (broad SMARTS) is 1. The zero-order valence-electron chi connectivity index (χ0n) is 12.1. The summed E-state index contributed by atoms with van der Waals surface area (Å²) in [4.78, 5) is 11.1. The number of hydrogen-bond acceptors (Lipinski definition) is 3. The van der Waals surface area contributed by atoms with Gasteiger partial charge in [0.2, 0.25) is 0 Å². The average molecular weight is 265 g/mol. The molecule has 0 aromatic heterocycles. The molecule has 0 aliphatic carbocycles. The summed E-state index contributed by atoms with van der Waals surface area (Å²) in [6.07, 6.45) is 0.507. The molecule has 0 aliphatic heterocycles. The highest BCUT2D eigenvalue weighted by molar-refractivity contribution is 5.74. The first-order chi connectivity index (χ1) is 8.75. The maximum atomic E-state index is 11.1. The van der Waals surface area contributed by atoms with Crippen molar-refractivity contribution >= 4 is 5.97 Å². The van der Waals surface area contributed by atoms with Gasteiger partial charge in [-0.15, -0.1) is 0 Å². The molecule has 4 heteroatoms. The molecule has 0 amide bonds. The molecular formula is C15H23NO3. The third-order valence-corrected chi connectivity index (χ3v) is 3.51. The lowest BCUT2D eigenvalue weighted by Gasteiger charge is -2.27. The lowest BCUT2D eigenvalue weighted by Crippen LogP contribution is -2.44. The van der Waals surface area contributed by atoms with E-state index in [1.807, 2.05) is 32.0 Å². The quantitative estimate of drug-likeness (QED) is 0.829. The van der Waals surface area contributed by atoms with Gasteiger partial charge in [-0.25, -0.2) is 0 Å². The van der Waals surface area contributed by atoms with Crippen LogP contribution in [0.3, 0.4) is 0 Å². The van der Waals surface area contributed by atoms with Crippen molar-refractivity contribution in [1.29, 1.82) is 0 Å². The zero-order chi connectivity index (χ0) is 14.6. The Hall–Kier alpha value is -1.55. The van der Waals surface area contributed by atoms with Gasteiger partial charge in [-0.05, 0) is 51.3 Å². The lowest BCUT2D eigenvalue weighted by atomic mass is 9.83. The molecule has 0 saturated carbocycles. The molecule has 1 atom stereocenters. The van der Waals surface area contributed by atoms with Gasteiger partial charge in [-0.1, -0.05) is 12.1 Å². The van der Waals surface area contributed by atoms with Gasteiger partial charge in [0, 0.05) is 6.04 Å². The molecule has 0 spiro atoms. The minimum absolute atomic E-state index is 0.419. The van der Waals surface area contributed by atoms with E-state index < -0.39 is 17.4 Å². The van der Waals surface area contributed by atoms with Crippen molar-refractivity contribution in [3.05, 3.63) is 29.3 Å². The number of ether oxygens (including phenoxy) is 1. The Kier molecular flexibility index (Phi) is 4.95. The molecule has 0 bridgehead atoms. The number of rotatable bonds is 6. The topological polar surface area (TPSA) is 72.5 Å². The Bertz CT molecular complexity index is 455. The predicted octanol–water partition coefficient (Wildman–Crippen LogP) is 2.51. The summed E-state index contributed by atoms with van der Waals surface area (Å²) in [6, 6.07) is 5.58. The molecule has 1 rings (SSSR count). The van der Waals surface area contributed by atoms with Crippen LogP contribution in [0, 0.1) is 19.3 Å². The molecule has 106 valence electrons. The molecule has 0 heterocycles. The number of benzene rings is 1. The van der Waals surface area contributed by atoms with Crippen LogP contribution in [0.5, 0.6) is 5.75 Å². The van der Waals surface area contributed by atoms with Gasteiger partial charge in [-0.2, -0.15) is 0 Å². The fourth-order valence-electron chi connectivity index (χ4n) is 1.68. The Morgan fingerprint density at radius 3 is 2.63 bits per heavy atom. The van der Waals surface area contributed by atoms with E-state index in [1.54, 1.807) is 13.8 Å². The summed E-state index contributed by atoms with van der Waals surface area (Å²) in [6.45, 7) is 7.68. The van der Waals surface area contributed by atoms with Crippen LogP contribution < -0.4 is 10.5 Å². The summed E-state index contributed by atoms with van der Waals surface area (Å²) < 4.78 is 5.69. The molecule has 3 N–H and O–H groups in total. The summed E-state index contributed by atoms with van der Waals surface area (Å²) >= 11 is 0. The monoisotopic (exact) mass is 265 g/mol. The van der Waals surface area contributed by atoms with Crippen molar-refractivity contribution in [2.24, 2.45) is 11.1 Å². The minimum atomic E-state index is -0.939. The number of nitrogens with two attached hydrogens (primary N) is 1. The second-order valence-electron chi connectivity index (χ2n) is 5.54. The largest absolute Gasteiger partial charge is 0.493 e. The van der Waals surface area contributed by atoms with Gasteiger partial charge in [0.15, 0.2) is 0 Å². The summed E-state index contributed by atoms with van der Waals surface area (Å²) in [5.41, 5.74) is 7.19. The second-order valence-corrected chi connectivity index (χ2v) is 5.54. The molecular weight excluding hydrogens is 242 g/mol. The van der Waals surface area contributed by atoms with Crippen LogP contribution in [0.1, 0.15) is 31.4 Å². The first-order valence-electron chi connectivity index (χ1n) is 6.44. The van der Waals surface area contributed by atoms with E-state index in [9.17, 15) is 4.79 Å². The average Bonchev–Trinajstić information content (AvgIpc) is 2.33. The van der Waals surface area contributed by atoms with E-state index >= 15 is 0 Å². The van der Waals surface area contributed by atoms with Crippen LogP contribution in [0.25, 0.3) is 0 Å². The van der Waals surface area contributed by atoms with E-state index in [1.165, 1.54) is 0 Å². The second kappa shape index (κ2) is 6.06. The van der Waals surface area contributed by atoms with Crippen LogP contribution in [0.2, 0.25) is 0 Å². The van der Waals surface area contributed by atoms with Gasteiger partial charge in [0.05, 0.1) is 12.0 Å². The van der Waals surface area contributed by atoms with E-state index in [0.717, 1.165) is 16.9 Å². The first kappa shape index (κ1) is 15.5. The Morgan fingerprint density at radius 2 is 2.05 bits per heavy atom. The van der Waals surface area contributed by atoms with Gasteiger partial charge < -0.3 is 15.6 Å². The molecule has 19 heavy (non-hydrogen) atoms. The lowest BCUT2D eigenvalue weighted by molar-refractivity contribution is -0.148. The highest BCUT2D eigenvalue weighted by Gasteiger charge is 2.34. The van der Waals surface area contributed by atoms with Crippen molar-refractivity contribution in [2.75, 3.05) is 6.61 Å². The van der Waals surface area contributed by atoms with Crippen LogP contribution in [-0.2, 0) is 4.79 Å². The van der Waals surface area contributed by atoms with Crippen molar-refractivity contribution in [3.8, 4) is 5.75 Å². The van der Waals surface area contributed by atoms with Crippen LogP contribution in [0.15, 0.2) is 18.2 Å². The minimum Gasteiger partial charge on any atom is -0.493 e. The van der Waals surface area contributed by atoms with Crippen molar-refractivity contribution in [3.63, 3.8) is 0 Å². The highest BCUT2D eigenvalue weighted by atomic mass is 16.5. The van der Waals surface area contributed by atoms with E-state index in [4.69, 9.17) is 15.6 Å². The highest BCUT2D eigenvalue weighted by Crippen LogP contribution is 2.23. The third-order valence-electron chi connectivity index (χ3n) is 3.51. The fraction of sp³-hybridized carbons (Fsp3) is 0.533. The smallest absolute Gasteiger partial charge is 0.310 e. The predicted molar refractivity (Wildman–Crippen MR) is 75.4 cm³/mol. The Morgan fingerprint density at radius 1 is 1.42 bits per heavy atom. The normalized spacial score (nSPS) is 13.1. The molecule has 0 radical (unpaired) electrons. The van der Waals surface area contributed by atoms with Crippen LogP contribution in [0.4, 0.5) is 0 Å². The van der Waals surface area contributed by atoms with Gasteiger partial charge >= 0.3 is 5.97 Å². The first-order valence-corrected chi connectivity index (χ1v) is 6.44. The Labute approximate surface area is 114 Å². The Balaban J connectivity index is 2.55. The number of carbonyl (C=O) groups is 1. The number of hydrogen-bond donors (Lipinski definition) is 2. The number of aliphatic carboxylic acids is 1. The number of carboxylic acids is 1. The van der Waals surface area contributed by atoms with E-state index in [2.05, 4.69) is 0 Å². The molecule has 4 nitrogen and oxygen atoms in total. The molecule has 0 aliphatic rings. The van der Waals surface area contributed by atoms with E-state index in [-0.39, 0.29) is 0 Å².